The first-order chi connectivity index (χ1) is 7.83. The van der Waals surface area contributed by atoms with Crippen molar-refractivity contribution in [3.63, 3.8) is 0 Å². The summed E-state index contributed by atoms with van der Waals surface area (Å²) in [6.07, 6.45) is 4.09. The van der Waals surface area contributed by atoms with Gasteiger partial charge in [-0.05, 0) is 6.42 Å². The number of aromatic nitrogens is 2. The van der Waals surface area contributed by atoms with Gasteiger partial charge in [0, 0.05) is 19.4 Å². The second kappa shape index (κ2) is 6.92. The molecule has 2 rings (SSSR count). The summed E-state index contributed by atoms with van der Waals surface area (Å²) < 4.78 is 9.55. The summed E-state index contributed by atoms with van der Waals surface area (Å²) in [6.45, 7) is 2.62. The lowest BCUT2D eigenvalue weighted by Crippen LogP contribution is -1.91. The van der Waals surface area contributed by atoms with E-state index in [9.17, 15) is 0 Å². The molecule has 0 saturated carbocycles. The molecule has 2 aromatic heterocycles. The second-order valence-electron chi connectivity index (χ2n) is 3.03. The summed E-state index contributed by atoms with van der Waals surface area (Å²) in [4.78, 5) is 8.24. The van der Waals surface area contributed by atoms with Crippen LogP contribution in [0.1, 0.15) is 12.6 Å². The molecular formula is C11H16N2O3. The molecule has 0 unspecified atom stereocenters. The maximum atomic E-state index is 7.94. The smallest absolute Gasteiger partial charge is 0.182 e. The van der Waals surface area contributed by atoms with Gasteiger partial charge in [0.05, 0.1) is 18.9 Å². The van der Waals surface area contributed by atoms with Crippen LogP contribution in [0.4, 0.5) is 0 Å². The molecule has 0 saturated heterocycles. The largest absolute Gasteiger partial charge is 0.443 e. The molecular weight excluding hydrogens is 208 g/mol. The zero-order chi connectivity index (χ0) is 11.8. The lowest BCUT2D eigenvalue weighted by atomic mass is 10.2. The molecule has 0 fully saturated rings. The Labute approximate surface area is 94.1 Å². The third kappa shape index (κ3) is 3.29. The Hall–Kier alpha value is -1.46. The van der Waals surface area contributed by atoms with Crippen molar-refractivity contribution in [3.8, 4) is 0 Å². The number of methoxy groups -OCH3 is 1. The Kier molecular flexibility index (Phi) is 5.45. The van der Waals surface area contributed by atoms with Crippen LogP contribution >= 0.6 is 0 Å². The van der Waals surface area contributed by atoms with Gasteiger partial charge in [-0.1, -0.05) is 6.92 Å². The Morgan fingerprint density at radius 1 is 1.44 bits per heavy atom. The number of ether oxygens (including phenoxy) is 1. The molecule has 5 heteroatoms. The quantitative estimate of drug-likeness (QED) is 0.853. The van der Waals surface area contributed by atoms with Crippen LogP contribution in [0.2, 0.25) is 0 Å². The van der Waals surface area contributed by atoms with E-state index in [1.807, 2.05) is 6.07 Å². The first kappa shape index (κ1) is 12.6. The topological polar surface area (TPSA) is 68.4 Å². The van der Waals surface area contributed by atoms with Crippen molar-refractivity contribution in [2.75, 3.05) is 20.3 Å². The van der Waals surface area contributed by atoms with E-state index in [2.05, 4.69) is 21.6 Å². The highest BCUT2D eigenvalue weighted by Gasteiger charge is 2.02. The summed E-state index contributed by atoms with van der Waals surface area (Å²) in [6, 6.07) is 1.82. The number of aliphatic hydroxyl groups excluding tert-OH is 1. The van der Waals surface area contributed by atoms with Gasteiger partial charge in [0.1, 0.15) is 5.52 Å². The Morgan fingerprint density at radius 3 is 2.81 bits per heavy atom. The van der Waals surface area contributed by atoms with Gasteiger partial charge in [-0.3, -0.25) is 4.98 Å². The number of aryl methyl sites for hydroxylation is 1. The van der Waals surface area contributed by atoms with E-state index in [0.29, 0.717) is 6.61 Å². The van der Waals surface area contributed by atoms with Gasteiger partial charge in [0.15, 0.2) is 12.0 Å². The monoisotopic (exact) mass is 224 g/mol. The fraction of sp³-hybridized carbons (Fsp3) is 0.455. The van der Waals surface area contributed by atoms with E-state index in [0.717, 1.165) is 23.2 Å². The molecule has 0 aromatic carbocycles. The molecule has 0 spiro atoms. The summed E-state index contributed by atoms with van der Waals surface area (Å²) in [5, 5.41) is 7.94. The predicted octanol–water partition coefficient (Wildman–Crippen LogP) is 1.41. The number of oxazole rings is 1. The van der Waals surface area contributed by atoms with Crippen molar-refractivity contribution >= 4 is 11.1 Å². The SMILES string of the molecule is CCc1nccc2ocnc12.COCCO. The van der Waals surface area contributed by atoms with Gasteiger partial charge >= 0.3 is 0 Å². The first-order valence-electron chi connectivity index (χ1n) is 5.10. The van der Waals surface area contributed by atoms with Crippen molar-refractivity contribution in [2.45, 2.75) is 13.3 Å². The lowest BCUT2D eigenvalue weighted by molar-refractivity contribution is 0.135. The van der Waals surface area contributed by atoms with Crippen LogP contribution in [-0.4, -0.2) is 35.4 Å². The molecule has 0 aliphatic rings. The minimum absolute atomic E-state index is 0.122. The Bertz CT molecular complexity index is 412. The van der Waals surface area contributed by atoms with Gasteiger partial charge < -0.3 is 14.3 Å². The molecule has 5 nitrogen and oxygen atoms in total. The number of fused-ring (bicyclic) bond motifs is 1. The molecule has 88 valence electrons. The molecule has 16 heavy (non-hydrogen) atoms. The zero-order valence-electron chi connectivity index (χ0n) is 9.51. The average Bonchev–Trinajstić information content (AvgIpc) is 2.78. The van der Waals surface area contributed by atoms with Crippen LogP contribution in [0, 0.1) is 0 Å². The average molecular weight is 224 g/mol. The van der Waals surface area contributed by atoms with Crippen LogP contribution in [0.15, 0.2) is 23.1 Å². The summed E-state index contributed by atoms with van der Waals surface area (Å²) in [5.74, 6) is 0. The number of hydrogen-bond donors (Lipinski definition) is 1. The Balaban J connectivity index is 0.000000221. The van der Waals surface area contributed by atoms with Crippen LogP contribution < -0.4 is 0 Å². The van der Waals surface area contributed by atoms with Crippen LogP contribution in [0.3, 0.4) is 0 Å². The molecule has 2 aromatic rings. The van der Waals surface area contributed by atoms with E-state index in [4.69, 9.17) is 9.52 Å². The predicted molar refractivity (Wildman–Crippen MR) is 60.1 cm³/mol. The second-order valence-corrected chi connectivity index (χ2v) is 3.03. The molecule has 0 atom stereocenters. The first-order valence-corrected chi connectivity index (χ1v) is 5.10. The number of hydrogen-bond acceptors (Lipinski definition) is 5. The van der Waals surface area contributed by atoms with Gasteiger partial charge in [-0.15, -0.1) is 0 Å². The summed E-state index contributed by atoms with van der Waals surface area (Å²) >= 11 is 0. The Morgan fingerprint density at radius 2 is 2.25 bits per heavy atom. The highest BCUT2D eigenvalue weighted by molar-refractivity contribution is 5.73. The zero-order valence-corrected chi connectivity index (χ0v) is 9.51. The van der Waals surface area contributed by atoms with Crippen molar-refractivity contribution < 1.29 is 14.3 Å². The summed E-state index contributed by atoms with van der Waals surface area (Å²) in [7, 11) is 1.55. The molecule has 0 radical (unpaired) electrons. The maximum Gasteiger partial charge on any atom is 0.182 e. The number of pyridine rings is 1. The molecule has 0 aliphatic carbocycles. The fourth-order valence-electron chi connectivity index (χ4n) is 1.20. The van der Waals surface area contributed by atoms with E-state index in [-0.39, 0.29) is 6.61 Å². The molecule has 0 aliphatic heterocycles. The van der Waals surface area contributed by atoms with Gasteiger partial charge in [0.2, 0.25) is 0 Å². The standard InChI is InChI=1S/C8H8N2O.C3H8O2/c1-2-6-8-7(3-4-9-6)11-5-10-8;1-5-3-2-4/h3-5H,2H2,1H3;4H,2-3H2,1H3. The van der Waals surface area contributed by atoms with Crippen LogP contribution in [-0.2, 0) is 11.2 Å². The van der Waals surface area contributed by atoms with Gasteiger partial charge in [-0.2, -0.15) is 0 Å². The van der Waals surface area contributed by atoms with Crippen LogP contribution in [0.5, 0.6) is 0 Å². The number of aliphatic hydroxyl groups is 1. The normalized spacial score (nSPS) is 9.94. The minimum atomic E-state index is 0.122. The van der Waals surface area contributed by atoms with Crippen LogP contribution in [0.25, 0.3) is 11.1 Å². The van der Waals surface area contributed by atoms with E-state index >= 15 is 0 Å². The third-order valence-electron chi connectivity index (χ3n) is 1.95. The molecule has 0 amide bonds. The molecule has 1 N–H and O–H groups in total. The summed E-state index contributed by atoms with van der Waals surface area (Å²) in [5.41, 5.74) is 2.70. The highest BCUT2D eigenvalue weighted by atomic mass is 16.5. The molecule has 2 heterocycles. The maximum absolute atomic E-state index is 7.94. The molecule has 0 bridgehead atoms. The van der Waals surface area contributed by atoms with E-state index in [1.165, 1.54) is 6.39 Å². The number of nitrogens with zero attached hydrogens (tertiary/aromatic N) is 2. The van der Waals surface area contributed by atoms with Gasteiger partial charge in [-0.25, -0.2) is 4.98 Å². The van der Waals surface area contributed by atoms with E-state index in [1.54, 1.807) is 13.3 Å². The van der Waals surface area contributed by atoms with Crippen molar-refractivity contribution in [1.82, 2.24) is 9.97 Å². The minimum Gasteiger partial charge on any atom is -0.443 e. The van der Waals surface area contributed by atoms with Gasteiger partial charge in [0.25, 0.3) is 0 Å². The third-order valence-corrected chi connectivity index (χ3v) is 1.95. The van der Waals surface area contributed by atoms with Crippen molar-refractivity contribution in [1.29, 1.82) is 0 Å². The lowest BCUT2D eigenvalue weighted by Gasteiger charge is -1.92. The number of rotatable bonds is 3. The van der Waals surface area contributed by atoms with E-state index < -0.39 is 0 Å². The van der Waals surface area contributed by atoms with Crippen molar-refractivity contribution in [3.05, 3.63) is 24.4 Å². The fourth-order valence-corrected chi connectivity index (χ4v) is 1.20. The highest BCUT2D eigenvalue weighted by Crippen LogP contribution is 2.14. The van der Waals surface area contributed by atoms with Crippen molar-refractivity contribution in [2.24, 2.45) is 0 Å².